The summed E-state index contributed by atoms with van der Waals surface area (Å²) in [6.45, 7) is 2.73. The smallest absolute Gasteiger partial charge is 0.296 e. The Hall–Kier alpha value is -3.60. The van der Waals surface area contributed by atoms with E-state index in [0.29, 0.717) is 33.0 Å². The van der Waals surface area contributed by atoms with Crippen molar-refractivity contribution in [1.29, 1.82) is 0 Å². The summed E-state index contributed by atoms with van der Waals surface area (Å²) in [4.78, 5) is 28.1. The van der Waals surface area contributed by atoms with Crippen molar-refractivity contribution in [3.63, 3.8) is 0 Å². The van der Waals surface area contributed by atoms with E-state index in [1.807, 2.05) is 24.3 Å². The number of carbonyl (C=O) groups excluding carboxylic acids is 2. The summed E-state index contributed by atoms with van der Waals surface area (Å²) >= 11 is 8.65. The summed E-state index contributed by atoms with van der Waals surface area (Å²) in [5.41, 5.74) is 1.59. The number of nitrogens with zero attached hydrogens (tertiary/aromatic N) is 3. The van der Waals surface area contributed by atoms with Gasteiger partial charge in [0.25, 0.3) is 5.91 Å². The SMILES string of the molecule is CCCCCOc1ccc(C2C(C(=O)c3ccco3)=C(O)C(=O)N2c2nnc(SCc3ccc(Cl)cc3)s2)cc1. The van der Waals surface area contributed by atoms with Crippen LogP contribution in [0.1, 0.15) is 53.9 Å². The van der Waals surface area contributed by atoms with Gasteiger partial charge in [0.1, 0.15) is 5.75 Å². The fourth-order valence-corrected chi connectivity index (χ4v) is 6.21. The van der Waals surface area contributed by atoms with Crippen LogP contribution in [0.2, 0.25) is 5.02 Å². The second-order valence-electron chi connectivity index (χ2n) is 9.04. The van der Waals surface area contributed by atoms with E-state index in [9.17, 15) is 14.7 Å². The molecule has 8 nitrogen and oxygen atoms in total. The van der Waals surface area contributed by atoms with Crippen molar-refractivity contribution in [3.8, 4) is 5.75 Å². The molecule has 0 fully saturated rings. The van der Waals surface area contributed by atoms with Crippen molar-refractivity contribution < 1.29 is 23.8 Å². The molecule has 1 amide bonds. The summed E-state index contributed by atoms with van der Waals surface area (Å²) in [5, 5.41) is 20.4. The van der Waals surface area contributed by atoms with E-state index in [2.05, 4.69) is 17.1 Å². The first-order chi connectivity index (χ1) is 19.5. The molecule has 40 heavy (non-hydrogen) atoms. The lowest BCUT2D eigenvalue weighted by molar-refractivity contribution is -0.117. The summed E-state index contributed by atoms with van der Waals surface area (Å²) in [6, 6.07) is 16.8. The van der Waals surface area contributed by atoms with E-state index in [0.717, 1.165) is 24.8 Å². The molecule has 0 bridgehead atoms. The Bertz CT molecular complexity index is 1500. The minimum Gasteiger partial charge on any atom is -0.503 e. The molecule has 11 heteroatoms. The fraction of sp³-hybridized carbons (Fsp3) is 0.241. The van der Waals surface area contributed by atoms with Crippen LogP contribution in [0.5, 0.6) is 5.75 Å². The molecular formula is C29H26ClN3O5S2. The number of rotatable bonds is 12. The maximum Gasteiger partial charge on any atom is 0.296 e. The highest BCUT2D eigenvalue weighted by molar-refractivity contribution is 8.00. The van der Waals surface area contributed by atoms with Crippen LogP contribution in [0, 0.1) is 0 Å². The third kappa shape index (κ3) is 6.09. The number of unbranched alkanes of at least 4 members (excludes halogenated alkanes) is 2. The first kappa shape index (κ1) is 27.9. The van der Waals surface area contributed by atoms with E-state index in [4.69, 9.17) is 20.8 Å². The minimum absolute atomic E-state index is 0.0218. The molecule has 3 heterocycles. The third-order valence-electron chi connectivity index (χ3n) is 6.29. The quantitative estimate of drug-likeness (QED) is 0.0780. The second-order valence-corrected chi connectivity index (χ2v) is 11.7. The van der Waals surface area contributed by atoms with Gasteiger partial charge in [-0.2, -0.15) is 0 Å². The number of hydrogen-bond donors (Lipinski definition) is 1. The molecule has 0 aliphatic carbocycles. The van der Waals surface area contributed by atoms with Gasteiger partial charge in [0.15, 0.2) is 15.9 Å². The highest BCUT2D eigenvalue weighted by atomic mass is 35.5. The van der Waals surface area contributed by atoms with E-state index in [-0.39, 0.29) is 16.5 Å². The Morgan fingerprint density at radius 3 is 2.60 bits per heavy atom. The van der Waals surface area contributed by atoms with Gasteiger partial charge in [-0.05, 0) is 53.9 Å². The van der Waals surface area contributed by atoms with Crippen molar-refractivity contribution in [3.05, 3.63) is 100 Å². The molecule has 2 aromatic heterocycles. The van der Waals surface area contributed by atoms with Crippen LogP contribution in [-0.4, -0.2) is 33.6 Å². The van der Waals surface area contributed by atoms with Crippen LogP contribution in [-0.2, 0) is 10.5 Å². The number of aliphatic hydroxyl groups excluding tert-OH is 1. The van der Waals surface area contributed by atoms with Crippen LogP contribution in [0.25, 0.3) is 0 Å². The predicted octanol–water partition coefficient (Wildman–Crippen LogP) is 7.43. The number of benzene rings is 2. The van der Waals surface area contributed by atoms with Gasteiger partial charge in [0.2, 0.25) is 10.9 Å². The first-order valence-electron chi connectivity index (χ1n) is 12.7. The number of anilines is 1. The molecule has 1 unspecified atom stereocenters. The van der Waals surface area contributed by atoms with E-state index in [1.165, 1.54) is 40.3 Å². The van der Waals surface area contributed by atoms with Crippen LogP contribution >= 0.6 is 34.7 Å². The Kier molecular flexibility index (Phi) is 8.88. The topological polar surface area (TPSA) is 106 Å². The van der Waals surface area contributed by atoms with E-state index in [1.54, 1.807) is 30.3 Å². The van der Waals surface area contributed by atoms with Crippen molar-refractivity contribution in [2.24, 2.45) is 0 Å². The normalized spacial score (nSPS) is 15.2. The second kappa shape index (κ2) is 12.7. The number of halogens is 1. The molecule has 0 radical (unpaired) electrons. The lowest BCUT2D eigenvalue weighted by Gasteiger charge is -2.24. The van der Waals surface area contributed by atoms with Gasteiger partial charge in [-0.1, -0.05) is 78.7 Å². The van der Waals surface area contributed by atoms with Gasteiger partial charge in [0, 0.05) is 10.8 Å². The van der Waals surface area contributed by atoms with E-state index < -0.39 is 23.5 Å². The maximum atomic E-state index is 13.4. The summed E-state index contributed by atoms with van der Waals surface area (Å²) in [6.07, 6.45) is 4.51. The molecule has 206 valence electrons. The predicted molar refractivity (Wildman–Crippen MR) is 155 cm³/mol. The standard InChI is InChI=1S/C29H26ClN3O5S2/c1-2-3-4-15-37-21-13-9-19(10-14-21)24-23(25(34)22-6-5-16-38-22)26(35)27(36)33(24)28-31-32-29(40-28)39-17-18-7-11-20(30)12-8-18/h5-14,16,24,35H,2-4,15,17H2,1H3. The lowest BCUT2D eigenvalue weighted by Crippen LogP contribution is -2.31. The van der Waals surface area contributed by atoms with Crippen molar-refractivity contribution in [2.45, 2.75) is 42.3 Å². The number of ketones is 1. The monoisotopic (exact) mass is 595 g/mol. The van der Waals surface area contributed by atoms with Gasteiger partial charge < -0.3 is 14.3 Å². The molecule has 1 N–H and O–H groups in total. The molecule has 0 spiro atoms. The van der Waals surface area contributed by atoms with Crippen LogP contribution in [0.4, 0.5) is 5.13 Å². The average Bonchev–Trinajstić information content (AvgIpc) is 3.72. The van der Waals surface area contributed by atoms with Gasteiger partial charge in [-0.25, -0.2) is 0 Å². The molecule has 5 rings (SSSR count). The van der Waals surface area contributed by atoms with E-state index >= 15 is 0 Å². The molecule has 1 aliphatic heterocycles. The molecule has 1 atom stereocenters. The number of amides is 1. The number of hydrogen-bond acceptors (Lipinski definition) is 9. The Balaban J connectivity index is 1.43. The largest absolute Gasteiger partial charge is 0.503 e. The number of carbonyl (C=O) groups is 2. The lowest BCUT2D eigenvalue weighted by atomic mass is 9.95. The molecular weight excluding hydrogens is 570 g/mol. The van der Waals surface area contributed by atoms with Crippen molar-refractivity contribution in [1.82, 2.24) is 10.2 Å². The van der Waals surface area contributed by atoms with Crippen molar-refractivity contribution in [2.75, 3.05) is 11.5 Å². The summed E-state index contributed by atoms with van der Waals surface area (Å²) < 4.78 is 11.8. The molecule has 4 aromatic rings. The zero-order valence-electron chi connectivity index (χ0n) is 21.6. The van der Waals surface area contributed by atoms with Gasteiger partial charge in [0.05, 0.1) is 24.5 Å². The average molecular weight is 596 g/mol. The third-order valence-corrected chi connectivity index (χ3v) is 8.67. The number of thioether (sulfide) groups is 1. The molecule has 0 saturated heterocycles. The number of aliphatic hydroxyl groups is 1. The van der Waals surface area contributed by atoms with Crippen LogP contribution in [0.15, 0.2) is 87.0 Å². The summed E-state index contributed by atoms with van der Waals surface area (Å²) in [5.74, 6) is -0.616. The van der Waals surface area contributed by atoms with Gasteiger partial charge in [-0.3, -0.25) is 14.5 Å². The highest BCUT2D eigenvalue weighted by Crippen LogP contribution is 2.44. The van der Waals surface area contributed by atoms with Gasteiger partial charge >= 0.3 is 0 Å². The molecule has 0 saturated carbocycles. The minimum atomic E-state index is -0.929. The fourth-order valence-electron chi connectivity index (χ4n) is 4.26. The number of ether oxygens (including phenoxy) is 1. The summed E-state index contributed by atoms with van der Waals surface area (Å²) in [7, 11) is 0. The zero-order chi connectivity index (χ0) is 28.1. The Labute approximate surface area is 244 Å². The number of aromatic nitrogens is 2. The van der Waals surface area contributed by atoms with Crippen LogP contribution < -0.4 is 9.64 Å². The number of furan rings is 1. The van der Waals surface area contributed by atoms with Crippen LogP contribution in [0.3, 0.4) is 0 Å². The highest BCUT2D eigenvalue weighted by Gasteiger charge is 2.46. The van der Waals surface area contributed by atoms with Crippen molar-refractivity contribution >= 4 is 51.5 Å². The first-order valence-corrected chi connectivity index (χ1v) is 14.9. The molecule has 1 aliphatic rings. The Morgan fingerprint density at radius 1 is 1.12 bits per heavy atom. The molecule has 2 aromatic carbocycles. The van der Waals surface area contributed by atoms with Gasteiger partial charge in [-0.15, -0.1) is 10.2 Å². The Morgan fingerprint density at radius 2 is 1.90 bits per heavy atom. The maximum absolute atomic E-state index is 13.4. The zero-order valence-corrected chi connectivity index (χ0v) is 24.0. The number of Topliss-reactive ketones (excluding diaryl/α,β-unsaturated/α-hetero) is 1.